The van der Waals surface area contributed by atoms with Crippen LogP contribution < -0.4 is 4.90 Å². The summed E-state index contributed by atoms with van der Waals surface area (Å²) in [4.78, 5) is 2.43. The monoisotopic (exact) mass is 693 g/mol. The molecule has 0 unspecified atom stereocenters. The molecule has 0 saturated heterocycles. The first kappa shape index (κ1) is 31.2. The minimum absolute atomic E-state index is 0.0399. The summed E-state index contributed by atoms with van der Waals surface area (Å²) < 4.78 is 6.67. The summed E-state index contributed by atoms with van der Waals surface area (Å²) in [6.07, 6.45) is 0. The number of nitrogens with zero attached hydrogens (tertiary/aromatic N) is 1. The number of para-hydroxylation sites is 1. The van der Waals surface area contributed by atoms with Gasteiger partial charge in [0.1, 0.15) is 11.2 Å². The minimum atomic E-state index is -0.159. The fourth-order valence-corrected chi connectivity index (χ4v) is 9.66. The second-order valence-corrected chi connectivity index (χ2v) is 16.1. The van der Waals surface area contributed by atoms with Gasteiger partial charge in [-0.25, -0.2) is 0 Å². The molecule has 9 aromatic rings. The average Bonchev–Trinajstić information content (AvgIpc) is 3.78. The van der Waals surface area contributed by atoms with Crippen molar-refractivity contribution in [2.75, 3.05) is 4.90 Å². The maximum atomic E-state index is 6.67. The summed E-state index contributed by atoms with van der Waals surface area (Å²) in [5, 5.41) is 4.76. The van der Waals surface area contributed by atoms with Crippen LogP contribution in [-0.4, -0.2) is 0 Å². The van der Waals surface area contributed by atoms with Crippen LogP contribution in [0.1, 0.15) is 49.9 Å². The molecule has 0 saturated carbocycles. The molecule has 2 aliphatic rings. The van der Waals surface area contributed by atoms with Gasteiger partial charge in [-0.3, -0.25) is 0 Å². The predicted octanol–water partition coefficient (Wildman–Crippen LogP) is 14.5. The molecular formula is C52H39NO. The molecule has 1 heterocycles. The highest BCUT2D eigenvalue weighted by Gasteiger charge is 2.39. The van der Waals surface area contributed by atoms with Crippen LogP contribution in [0, 0.1) is 0 Å². The summed E-state index contributed by atoms with van der Waals surface area (Å²) in [7, 11) is 0. The Balaban J connectivity index is 1.07. The molecule has 0 amide bonds. The Morgan fingerprint density at radius 2 is 1.07 bits per heavy atom. The van der Waals surface area contributed by atoms with E-state index >= 15 is 0 Å². The molecule has 0 fully saturated rings. The topological polar surface area (TPSA) is 16.4 Å². The van der Waals surface area contributed by atoms with Crippen LogP contribution in [0.4, 0.5) is 17.1 Å². The fourth-order valence-electron chi connectivity index (χ4n) is 9.66. The third-order valence-corrected chi connectivity index (χ3v) is 12.5. The van der Waals surface area contributed by atoms with Crippen LogP contribution in [0.5, 0.6) is 0 Å². The second-order valence-electron chi connectivity index (χ2n) is 16.1. The van der Waals surface area contributed by atoms with Crippen molar-refractivity contribution in [2.24, 2.45) is 0 Å². The SMILES string of the molecule is CC1(C)c2ccccc2-c2ccc(-c3ccc(N(c4ccc5c(c4)-c4c(ccc6c4oc4ccccc46)C5(C)C)c4cccc5ccccc45)cc3)cc21. The highest BCUT2D eigenvalue weighted by atomic mass is 16.3. The van der Waals surface area contributed by atoms with Crippen molar-refractivity contribution in [1.29, 1.82) is 0 Å². The number of hydrogen-bond donors (Lipinski definition) is 0. The molecule has 2 aliphatic carbocycles. The Hall–Kier alpha value is -6.38. The number of anilines is 3. The van der Waals surface area contributed by atoms with Crippen LogP contribution in [-0.2, 0) is 10.8 Å². The summed E-state index contributed by atoms with van der Waals surface area (Å²) in [6.45, 7) is 9.38. The van der Waals surface area contributed by atoms with Gasteiger partial charge in [0.25, 0.3) is 0 Å². The van der Waals surface area contributed by atoms with Crippen molar-refractivity contribution < 1.29 is 4.42 Å². The molecule has 0 N–H and O–H groups in total. The Morgan fingerprint density at radius 1 is 0.426 bits per heavy atom. The molecule has 54 heavy (non-hydrogen) atoms. The van der Waals surface area contributed by atoms with Crippen LogP contribution in [0.3, 0.4) is 0 Å². The first-order valence-electron chi connectivity index (χ1n) is 19.0. The van der Waals surface area contributed by atoms with Gasteiger partial charge in [-0.1, -0.05) is 149 Å². The molecule has 2 heteroatoms. The molecule has 11 rings (SSSR count). The zero-order valence-electron chi connectivity index (χ0n) is 30.9. The Morgan fingerprint density at radius 3 is 1.94 bits per heavy atom. The lowest BCUT2D eigenvalue weighted by Crippen LogP contribution is -2.15. The number of rotatable bonds is 4. The minimum Gasteiger partial charge on any atom is -0.455 e. The van der Waals surface area contributed by atoms with Crippen molar-refractivity contribution >= 4 is 49.8 Å². The summed E-state index contributed by atoms with van der Waals surface area (Å²) in [6, 6.07) is 60.3. The van der Waals surface area contributed by atoms with Crippen LogP contribution >= 0.6 is 0 Å². The first-order chi connectivity index (χ1) is 26.3. The Kier molecular flexibility index (Phi) is 6.39. The molecule has 0 atom stereocenters. The van der Waals surface area contributed by atoms with E-state index in [2.05, 4.69) is 196 Å². The van der Waals surface area contributed by atoms with E-state index in [0.717, 1.165) is 33.6 Å². The van der Waals surface area contributed by atoms with E-state index in [1.54, 1.807) is 0 Å². The van der Waals surface area contributed by atoms with Crippen LogP contribution in [0.2, 0.25) is 0 Å². The summed E-state index contributed by atoms with van der Waals surface area (Å²) >= 11 is 0. The molecular weight excluding hydrogens is 655 g/mol. The number of furan rings is 1. The smallest absolute Gasteiger partial charge is 0.143 e. The van der Waals surface area contributed by atoms with Crippen LogP contribution in [0.15, 0.2) is 168 Å². The van der Waals surface area contributed by atoms with Gasteiger partial charge in [-0.2, -0.15) is 0 Å². The van der Waals surface area contributed by atoms with E-state index in [1.807, 2.05) is 0 Å². The van der Waals surface area contributed by atoms with Crippen molar-refractivity contribution in [3.63, 3.8) is 0 Å². The highest BCUT2D eigenvalue weighted by molar-refractivity contribution is 6.12. The van der Waals surface area contributed by atoms with Gasteiger partial charge < -0.3 is 9.32 Å². The zero-order chi connectivity index (χ0) is 36.3. The maximum Gasteiger partial charge on any atom is 0.143 e. The second kappa shape index (κ2) is 11.1. The van der Waals surface area contributed by atoms with Gasteiger partial charge in [0.05, 0.1) is 5.69 Å². The van der Waals surface area contributed by atoms with Gasteiger partial charge in [0.2, 0.25) is 0 Å². The average molecular weight is 694 g/mol. The lowest BCUT2D eigenvalue weighted by atomic mass is 9.81. The van der Waals surface area contributed by atoms with Crippen molar-refractivity contribution in [2.45, 2.75) is 38.5 Å². The zero-order valence-corrected chi connectivity index (χ0v) is 30.9. The first-order valence-corrected chi connectivity index (χ1v) is 19.0. The third-order valence-electron chi connectivity index (χ3n) is 12.5. The van der Waals surface area contributed by atoms with Gasteiger partial charge in [0, 0.05) is 43.9 Å². The number of hydrogen-bond acceptors (Lipinski definition) is 2. The highest BCUT2D eigenvalue weighted by Crippen LogP contribution is 2.55. The van der Waals surface area contributed by atoms with E-state index in [9.17, 15) is 0 Å². The van der Waals surface area contributed by atoms with E-state index < -0.39 is 0 Å². The van der Waals surface area contributed by atoms with E-state index in [4.69, 9.17) is 4.42 Å². The van der Waals surface area contributed by atoms with Crippen LogP contribution in [0.25, 0.3) is 66.1 Å². The molecule has 2 nitrogen and oxygen atoms in total. The summed E-state index contributed by atoms with van der Waals surface area (Å²) in [5.74, 6) is 0. The molecule has 1 aromatic heterocycles. The Bertz CT molecular complexity index is 2990. The largest absolute Gasteiger partial charge is 0.455 e. The van der Waals surface area contributed by atoms with Crippen molar-refractivity contribution in [3.8, 4) is 33.4 Å². The lowest BCUT2D eigenvalue weighted by molar-refractivity contribution is 0.653. The van der Waals surface area contributed by atoms with E-state index in [-0.39, 0.29) is 10.8 Å². The molecule has 0 bridgehead atoms. The number of fused-ring (bicyclic) bond motifs is 11. The Labute approximate surface area is 315 Å². The summed E-state index contributed by atoms with van der Waals surface area (Å²) in [5.41, 5.74) is 18.1. The van der Waals surface area contributed by atoms with Crippen molar-refractivity contribution in [3.05, 3.63) is 186 Å². The van der Waals surface area contributed by atoms with E-state index in [0.29, 0.717) is 0 Å². The standard InChI is InChI=1S/C52H39NO/c1-51(2)44-28-25-36(31-42(44)49-45(51)29-27-41-40-16-8-10-19-48(40)54-50(41)49)53(47-18-11-13-33-12-5-6-14-37(33)47)35-23-20-32(21-24-35)34-22-26-39-38-15-7-9-17-43(38)52(3,4)46(39)30-34/h5-31H,1-4H3. The molecule has 8 aromatic carbocycles. The predicted molar refractivity (Wildman–Crippen MR) is 226 cm³/mol. The molecule has 0 spiro atoms. The maximum absolute atomic E-state index is 6.67. The fraction of sp³-hybridized carbons (Fsp3) is 0.115. The number of benzene rings is 8. The molecule has 258 valence electrons. The van der Waals surface area contributed by atoms with Crippen molar-refractivity contribution in [1.82, 2.24) is 0 Å². The molecule has 0 radical (unpaired) electrons. The third kappa shape index (κ3) is 4.28. The van der Waals surface area contributed by atoms with Gasteiger partial charge in [-0.15, -0.1) is 0 Å². The van der Waals surface area contributed by atoms with Gasteiger partial charge >= 0.3 is 0 Å². The van der Waals surface area contributed by atoms with E-state index in [1.165, 1.54) is 71.8 Å². The van der Waals surface area contributed by atoms with Gasteiger partial charge in [-0.05, 0) is 97.9 Å². The quantitative estimate of drug-likeness (QED) is 0.182. The molecule has 0 aliphatic heterocycles. The normalized spacial score (nSPS) is 14.6. The lowest BCUT2D eigenvalue weighted by Gasteiger charge is -2.28. The van der Waals surface area contributed by atoms with Gasteiger partial charge in [0.15, 0.2) is 0 Å².